The number of rotatable bonds is 4. The van der Waals surface area contributed by atoms with Gasteiger partial charge in [-0.3, -0.25) is 4.79 Å². The van der Waals surface area contributed by atoms with E-state index >= 15 is 0 Å². The number of carbonyl (C=O) groups excluding carboxylic acids is 2. The largest absolute Gasteiger partial charge is 0.452 e. The van der Waals surface area contributed by atoms with Gasteiger partial charge in [-0.25, -0.2) is 4.79 Å². The molecule has 1 aliphatic rings. The van der Waals surface area contributed by atoms with Gasteiger partial charge in [-0.2, -0.15) is 0 Å². The van der Waals surface area contributed by atoms with Crippen molar-refractivity contribution in [2.45, 2.75) is 0 Å². The van der Waals surface area contributed by atoms with Crippen LogP contribution in [0.1, 0.15) is 10.4 Å². The number of hydrogen-bond acceptors (Lipinski definition) is 4. The van der Waals surface area contributed by atoms with Crippen LogP contribution in [0, 0.1) is 0 Å². The molecule has 0 radical (unpaired) electrons. The molecule has 0 atom stereocenters. The van der Waals surface area contributed by atoms with Gasteiger partial charge in [0.25, 0.3) is 5.91 Å². The summed E-state index contributed by atoms with van der Waals surface area (Å²) >= 11 is 0. The van der Waals surface area contributed by atoms with E-state index in [0.29, 0.717) is 18.7 Å². The number of amides is 1. The van der Waals surface area contributed by atoms with Crippen molar-refractivity contribution in [2.24, 2.45) is 0 Å². The standard InChI is InChI=1S/C19H20N2O3/c22-18(15-24-19(23)16-7-3-1-4-8-16)21-13-11-20(12-14-21)17-9-5-2-6-10-17/h1-10H,11-15H2. The monoisotopic (exact) mass is 324 g/mol. The number of nitrogens with zero attached hydrogens (tertiary/aromatic N) is 2. The number of ether oxygens (including phenoxy) is 1. The van der Waals surface area contributed by atoms with E-state index in [-0.39, 0.29) is 12.5 Å². The minimum absolute atomic E-state index is 0.146. The van der Waals surface area contributed by atoms with Gasteiger partial charge in [0.1, 0.15) is 0 Å². The zero-order valence-electron chi connectivity index (χ0n) is 13.4. The van der Waals surface area contributed by atoms with E-state index in [1.807, 2.05) is 24.3 Å². The topological polar surface area (TPSA) is 49.9 Å². The molecule has 0 bridgehead atoms. The van der Waals surface area contributed by atoms with Crippen LogP contribution in [-0.2, 0) is 9.53 Å². The molecule has 24 heavy (non-hydrogen) atoms. The Kier molecular flexibility index (Phi) is 5.11. The summed E-state index contributed by atoms with van der Waals surface area (Å²) in [5.74, 6) is -0.612. The summed E-state index contributed by atoms with van der Waals surface area (Å²) in [6.07, 6.45) is 0. The van der Waals surface area contributed by atoms with Gasteiger partial charge in [-0.05, 0) is 24.3 Å². The number of para-hydroxylation sites is 1. The third-order valence-electron chi connectivity index (χ3n) is 4.09. The zero-order chi connectivity index (χ0) is 16.8. The Bertz CT molecular complexity index is 680. The molecule has 0 N–H and O–H groups in total. The molecule has 0 aliphatic carbocycles. The summed E-state index contributed by atoms with van der Waals surface area (Å²) in [7, 11) is 0. The van der Waals surface area contributed by atoms with Crippen molar-refractivity contribution < 1.29 is 14.3 Å². The molecule has 1 saturated heterocycles. The van der Waals surface area contributed by atoms with Gasteiger partial charge in [0, 0.05) is 31.9 Å². The average Bonchev–Trinajstić information content (AvgIpc) is 2.67. The molecule has 124 valence electrons. The van der Waals surface area contributed by atoms with Crippen LogP contribution in [0.5, 0.6) is 0 Å². The zero-order valence-corrected chi connectivity index (χ0v) is 13.4. The minimum Gasteiger partial charge on any atom is -0.452 e. The van der Waals surface area contributed by atoms with Crippen LogP contribution >= 0.6 is 0 Å². The van der Waals surface area contributed by atoms with Crippen LogP contribution in [-0.4, -0.2) is 49.6 Å². The van der Waals surface area contributed by atoms with E-state index in [0.717, 1.165) is 13.1 Å². The van der Waals surface area contributed by atoms with Crippen molar-refractivity contribution in [1.82, 2.24) is 4.90 Å². The molecule has 0 saturated carbocycles. The second kappa shape index (κ2) is 7.64. The van der Waals surface area contributed by atoms with E-state index in [1.165, 1.54) is 5.69 Å². The number of hydrogen-bond donors (Lipinski definition) is 0. The first-order valence-corrected chi connectivity index (χ1v) is 8.04. The van der Waals surface area contributed by atoms with Gasteiger partial charge in [-0.15, -0.1) is 0 Å². The van der Waals surface area contributed by atoms with E-state index in [1.54, 1.807) is 29.2 Å². The van der Waals surface area contributed by atoms with Crippen molar-refractivity contribution in [3.8, 4) is 0 Å². The molecular weight excluding hydrogens is 304 g/mol. The normalized spacial score (nSPS) is 14.3. The first kappa shape index (κ1) is 16.1. The van der Waals surface area contributed by atoms with Crippen LogP contribution in [0.3, 0.4) is 0 Å². The predicted molar refractivity (Wildman–Crippen MR) is 92.0 cm³/mol. The predicted octanol–water partition coefficient (Wildman–Crippen LogP) is 2.19. The summed E-state index contributed by atoms with van der Waals surface area (Å²) in [5, 5.41) is 0. The molecule has 3 rings (SSSR count). The van der Waals surface area contributed by atoms with Gasteiger partial charge in [0.05, 0.1) is 5.56 Å². The first-order chi connectivity index (χ1) is 11.7. The van der Waals surface area contributed by atoms with Crippen LogP contribution in [0.4, 0.5) is 5.69 Å². The summed E-state index contributed by atoms with van der Waals surface area (Å²) in [6, 6.07) is 18.8. The lowest BCUT2D eigenvalue weighted by Crippen LogP contribution is -2.49. The van der Waals surface area contributed by atoms with Gasteiger partial charge in [-0.1, -0.05) is 36.4 Å². The van der Waals surface area contributed by atoms with E-state index < -0.39 is 5.97 Å². The molecule has 2 aromatic rings. The lowest BCUT2D eigenvalue weighted by Gasteiger charge is -2.36. The number of esters is 1. The molecule has 5 heteroatoms. The second-order valence-electron chi connectivity index (χ2n) is 5.65. The highest BCUT2D eigenvalue weighted by atomic mass is 16.5. The lowest BCUT2D eigenvalue weighted by molar-refractivity contribution is -0.134. The maximum Gasteiger partial charge on any atom is 0.338 e. The maximum absolute atomic E-state index is 12.2. The molecule has 1 fully saturated rings. The van der Waals surface area contributed by atoms with Crippen molar-refractivity contribution in [2.75, 3.05) is 37.7 Å². The Morgan fingerprint density at radius 3 is 2.04 bits per heavy atom. The van der Waals surface area contributed by atoms with Gasteiger partial charge in [0.2, 0.25) is 0 Å². The first-order valence-electron chi connectivity index (χ1n) is 8.04. The molecule has 0 unspecified atom stereocenters. The summed E-state index contributed by atoms with van der Waals surface area (Å²) in [5.41, 5.74) is 1.62. The fraction of sp³-hybridized carbons (Fsp3) is 0.263. The molecule has 0 spiro atoms. The fourth-order valence-corrected chi connectivity index (χ4v) is 2.73. The Morgan fingerprint density at radius 1 is 0.833 bits per heavy atom. The quantitative estimate of drug-likeness (QED) is 0.809. The van der Waals surface area contributed by atoms with E-state index in [9.17, 15) is 9.59 Å². The summed E-state index contributed by atoms with van der Waals surface area (Å²) in [4.78, 5) is 28.1. The number of benzene rings is 2. The van der Waals surface area contributed by atoms with Crippen LogP contribution in [0.25, 0.3) is 0 Å². The molecule has 1 aliphatic heterocycles. The van der Waals surface area contributed by atoms with Gasteiger partial charge in [0.15, 0.2) is 6.61 Å². The SMILES string of the molecule is O=C(OCC(=O)N1CCN(c2ccccc2)CC1)c1ccccc1. The van der Waals surface area contributed by atoms with Crippen LogP contribution in [0.15, 0.2) is 60.7 Å². The van der Waals surface area contributed by atoms with Gasteiger partial charge >= 0.3 is 5.97 Å². The number of carbonyl (C=O) groups is 2. The molecule has 1 amide bonds. The van der Waals surface area contributed by atoms with E-state index in [4.69, 9.17) is 4.74 Å². The lowest BCUT2D eigenvalue weighted by atomic mass is 10.2. The Hall–Kier alpha value is -2.82. The fourth-order valence-electron chi connectivity index (χ4n) is 2.73. The molecule has 0 aromatic heterocycles. The summed E-state index contributed by atoms with van der Waals surface area (Å²) in [6.45, 7) is 2.62. The van der Waals surface area contributed by atoms with E-state index in [2.05, 4.69) is 17.0 Å². The highest BCUT2D eigenvalue weighted by molar-refractivity contribution is 5.91. The molecule has 2 aromatic carbocycles. The van der Waals surface area contributed by atoms with Crippen molar-refractivity contribution in [3.63, 3.8) is 0 Å². The second-order valence-corrected chi connectivity index (χ2v) is 5.65. The van der Waals surface area contributed by atoms with Crippen LogP contribution in [0.2, 0.25) is 0 Å². The molecule has 5 nitrogen and oxygen atoms in total. The van der Waals surface area contributed by atoms with Crippen molar-refractivity contribution in [1.29, 1.82) is 0 Å². The smallest absolute Gasteiger partial charge is 0.338 e. The number of anilines is 1. The highest BCUT2D eigenvalue weighted by Gasteiger charge is 2.22. The highest BCUT2D eigenvalue weighted by Crippen LogP contribution is 2.15. The maximum atomic E-state index is 12.2. The average molecular weight is 324 g/mol. The Balaban J connectivity index is 1.46. The van der Waals surface area contributed by atoms with Crippen LogP contribution < -0.4 is 4.90 Å². The number of piperazine rings is 1. The minimum atomic E-state index is -0.466. The molecule has 1 heterocycles. The summed E-state index contributed by atoms with van der Waals surface area (Å²) < 4.78 is 5.11. The molecular formula is C19H20N2O3. The third-order valence-corrected chi connectivity index (χ3v) is 4.09. The van der Waals surface area contributed by atoms with Gasteiger partial charge < -0.3 is 14.5 Å². The van der Waals surface area contributed by atoms with Crippen molar-refractivity contribution in [3.05, 3.63) is 66.2 Å². The van der Waals surface area contributed by atoms with Crippen molar-refractivity contribution >= 4 is 17.6 Å². The Labute approximate surface area is 141 Å². The Morgan fingerprint density at radius 2 is 1.42 bits per heavy atom. The third kappa shape index (κ3) is 3.93.